The van der Waals surface area contributed by atoms with Crippen LogP contribution in [0.2, 0.25) is 0 Å². The number of hydrogen-bond donors (Lipinski definition) is 2. The highest BCUT2D eigenvalue weighted by molar-refractivity contribution is 5.68. The molecule has 116 valence electrons. The number of nitrogens with one attached hydrogen (secondary N) is 1. The molecule has 20 heavy (non-hydrogen) atoms. The van der Waals surface area contributed by atoms with E-state index >= 15 is 0 Å². The summed E-state index contributed by atoms with van der Waals surface area (Å²) in [5, 5.41) is 14.1. The van der Waals surface area contributed by atoms with E-state index in [0.717, 1.165) is 0 Å². The zero-order valence-corrected chi connectivity index (χ0v) is 13.1. The third-order valence-corrected chi connectivity index (χ3v) is 4.15. The number of nitrogens with zero attached hydrogens (tertiary/aromatic N) is 1. The maximum Gasteiger partial charge on any atom is 0.410 e. The zero-order valence-electron chi connectivity index (χ0n) is 13.1. The van der Waals surface area contributed by atoms with E-state index in [9.17, 15) is 9.90 Å². The van der Waals surface area contributed by atoms with Crippen molar-refractivity contribution in [2.24, 2.45) is 5.92 Å². The maximum absolute atomic E-state index is 12.1. The lowest BCUT2D eigenvalue weighted by Gasteiger charge is -2.43. The number of ether oxygens (including phenoxy) is 1. The van der Waals surface area contributed by atoms with Gasteiger partial charge >= 0.3 is 6.09 Å². The number of rotatable bonds is 3. The second-order valence-electron chi connectivity index (χ2n) is 7.34. The Hall–Kier alpha value is -0.810. The number of piperidine rings is 1. The fraction of sp³-hybridized carbons (Fsp3) is 0.933. The molecule has 1 saturated heterocycles. The van der Waals surface area contributed by atoms with Gasteiger partial charge in [0.2, 0.25) is 0 Å². The quantitative estimate of drug-likeness (QED) is 0.829. The first-order valence-corrected chi connectivity index (χ1v) is 7.63. The minimum atomic E-state index is -0.707. The molecule has 1 aliphatic carbocycles. The van der Waals surface area contributed by atoms with Crippen LogP contribution >= 0.6 is 0 Å². The lowest BCUT2D eigenvalue weighted by molar-refractivity contribution is -0.0667. The highest BCUT2D eigenvalue weighted by atomic mass is 16.6. The van der Waals surface area contributed by atoms with E-state index in [2.05, 4.69) is 5.32 Å². The maximum atomic E-state index is 12.1. The molecule has 5 nitrogen and oxygen atoms in total. The molecule has 1 saturated carbocycles. The highest BCUT2D eigenvalue weighted by Gasteiger charge is 2.41. The topological polar surface area (TPSA) is 61.8 Å². The first kappa shape index (κ1) is 15.6. The van der Waals surface area contributed by atoms with Crippen LogP contribution in [-0.4, -0.2) is 53.0 Å². The van der Waals surface area contributed by atoms with E-state index in [4.69, 9.17) is 4.74 Å². The summed E-state index contributed by atoms with van der Waals surface area (Å²) in [6.45, 7) is 9.35. The number of carbonyl (C=O) groups is 1. The van der Waals surface area contributed by atoms with E-state index < -0.39 is 11.2 Å². The molecule has 2 atom stereocenters. The molecule has 2 fully saturated rings. The Labute approximate surface area is 121 Å². The molecule has 5 heteroatoms. The Morgan fingerprint density at radius 2 is 2.10 bits per heavy atom. The minimum Gasteiger partial charge on any atom is -0.444 e. The fourth-order valence-corrected chi connectivity index (χ4v) is 2.53. The molecule has 0 radical (unpaired) electrons. The summed E-state index contributed by atoms with van der Waals surface area (Å²) >= 11 is 0. The van der Waals surface area contributed by atoms with Gasteiger partial charge in [-0.05, 0) is 40.0 Å². The molecule has 0 bridgehead atoms. The molecule has 1 aliphatic heterocycles. The van der Waals surface area contributed by atoms with Gasteiger partial charge in [-0.3, -0.25) is 0 Å². The molecule has 0 aromatic rings. The van der Waals surface area contributed by atoms with Crippen molar-refractivity contribution in [1.82, 2.24) is 10.2 Å². The predicted molar refractivity (Wildman–Crippen MR) is 77.6 cm³/mol. The van der Waals surface area contributed by atoms with Crippen LogP contribution < -0.4 is 5.32 Å². The molecular weight excluding hydrogens is 256 g/mol. The lowest BCUT2D eigenvalue weighted by atomic mass is 9.82. The van der Waals surface area contributed by atoms with Crippen molar-refractivity contribution >= 4 is 6.09 Å². The van der Waals surface area contributed by atoms with E-state index in [1.165, 1.54) is 12.8 Å². The first-order chi connectivity index (χ1) is 9.20. The van der Waals surface area contributed by atoms with Crippen LogP contribution in [0.1, 0.15) is 47.0 Å². The lowest BCUT2D eigenvalue weighted by Crippen LogP contribution is -2.57. The Balaban J connectivity index is 1.85. The summed E-state index contributed by atoms with van der Waals surface area (Å²) in [7, 11) is 0. The third-order valence-electron chi connectivity index (χ3n) is 4.15. The van der Waals surface area contributed by atoms with Crippen LogP contribution in [-0.2, 0) is 4.74 Å². The Morgan fingerprint density at radius 1 is 1.45 bits per heavy atom. The molecule has 1 amide bonds. The second kappa shape index (κ2) is 5.53. The van der Waals surface area contributed by atoms with Gasteiger partial charge in [0.15, 0.2) is 0 Å². The summed E-state index contributed by atoms with van der Waals surface area (Å²) < 4.78 is 5.39. The van der Waals surface area contributed by atoms with Crippen molar-refractivity contribution in [3.05, 3.63) is 0 Å². The number of carbonyl (C=O) groups excluding carboxylic acids is 1. The van der Waals surface area contributed by atoms with Crippen molar-refractivity contribution < 1.29 is 14.6 Å². The molecule has 2 rings (SSSR count). The summed E-state index contributed by atoms with van der Waals surface area (Å²) in [6.07, 6.45) is 2.76. The van der Waals surface area contributed by atoms with Gasteiger partial charge in [0.05, 0.1) is 5.60 Å². The molecule has 2 N–H and O–H groups in total. The SMILES string of the molecule is CC1CN(C(=O)OC(C)(C)C)CCC1(O)CNC1CC1. The molecule has 0 spiro atoms. The van der Waals surface area contributed by atoms with Gasteiger partial charge in [-0.15, -0.1) is 0 Å². The van der Waals surface area contributed by atoms with Gasteiger partial charge in [-0.1, -0.05) is 6.92 Å². The van der Waals surface area contributed by atoms with Crippen molar-refractivity contribution in [3.8, 4) is 0 Å². The minimum absolute atomic E-state index is 0.0509. The average Bonchev–Trinajstić information content (AvgIpc) is 3.12. The molecule has 2 unspecified atom stereocenters. The number of hydrogen-bond acceptors (Lipinski definition) is 4. The van der Waals surface area contributed by atoms with Crippen molar-refractivity contribution in [1.29, 1.82) is 0 Å². The van der Waals surface area contributed by atoms with Crippen LogP contribution in [0.4, 0.5) is 4.79 Å². The summed E-state index contributed by atoms with van der Waals surface area (Å²) in [5.74, 6) is 0.0509. The van der Waals surface area contributed by atoms with Crippen LogP contribution in [0.25, 0.3) is 0 Å². The van der Waals surface area contributed by atoms with Gasteiger partial charge in [-0.25, -0.2) is 4.79 Å². The monoisotopic (exact) mass is 284 g/mol. The van der Waals surface area contributed by atoms with Gasteiger partial charge in [0.1, 0.15) is 5.60 Å². The zero-order chi connectivity index (χ0) is 15.0. The largest absolute Gasteiger partial charge is 0.444 e. The van der Waals surface area contributed by atoms with Gasteiger partial charge in [-0.2, -0.15) is 0 Å². The molecular formula is C15H28N2O3. The molecule has 0 aromatic heterocycles. The number of amides is 1. The first-order valence-electron chi connectivity index (χ1n) is 7.63. The van der Waals surface area contributed by atoms with Crippen molar-refractivity contribution in [2.45, 2.75) is 64.2 Å². The smallest absolute Gasteiger partial charge is 0.410 e. The molecule has 1 heterocycles. The van der Waals surface area contributed by atoms with E-state index in [1.54, 1.807) is 4.90 Å². The molecule has 0 aromatic carbocycles. The second-order valence-corrected chi connectivity index (χ2v) is 7.34. The van der Waals surface area contributed by atoms with Crippen LogP contribution in [0, 0.1) is 5.92 Å². The number of aliphatic hydroxyl groups is 1. The van der Waals surface area contributed by atoms with Crippen LogP contribution in [0.15, 0.2) is 0 Å². The summed E-state index contributed by atoms with van der Waals surface area (Å²) in [6, 6.07) is 0.593. The highest BCUT2D eigenvalue weighted by Crippen LogP contribution is 2.29. The van der Waals surface area contributed by atoms with Crippen LogP contribution in [0.5, 0.6) is 0 Å². The van der Waals surface area contributed by atoms with E-state index in [-0.39, 0.29) is 12.0 Å². The van der Waals surface area contributed by atoms with Crippen molar-refractivity contribution in [3.63, 3.8) is 0 Å². The van der Waals surface area contributed by atoms with E-state index in [0.29, 0.717) is 32.1 Å². The third kappa shape index (κ3) is 4.09. The molecule has 2 aliphatic rings. The van der Waals surface area contributed by atoms with Crippen LogP contribution in [0.3, 0.4) is 0 Å². The predicted octanol–water partition coefficient (Wildman–Crippen LogP) is 1.75. The Kier molecular flexibility index (Phi) is 4.30. The van der Waals surface area contributed by atoms with Gasteiger partial charge in [0.25, 0.3) is 0 Å². The summed E-state index contributed by atoms with van der Waals surface area (Å²) in [5.41, 5.74) is -1.18. The van der Waals surface area contributed by atoms with Gasteiger partial charge in [0, 0.05) is 31.6 Å². The Bertz CT molecular complexity index is 363. The standard InChI is InChI=1S/C15H28N2O3/c1-11-9-17(13(18)20-14(2,3)4)8-7-15(11,19)10-16-12-5-6-12/h11-12,16,19H,5-10H2,1-4H3. The average molecular weight is 284 g/mol. The number of likely N-dealkylation sites (tertiary alicyclic amines) is 1. The fourth-order valence-electron chi connectivity index (χ4n) is 2.53. The normalized spacial score (nSPS) is 31.2. The van der Waals surface area contributed by atoms with E-state index in [1.807, 2.05) is 27.7 Å². The van der Waals surface area contributed by atoms with Gasteiger partial charge < -0.3 is 20.1 Å². The van der Waals surface area contributed by atoms with Crippen molar-refractivity contribution in [2.75, 3.05) is 19.6 Å². The summed E-state index contributed by atoms with van der Waals surface area (Å²) in [4.78, 5) is 13.8. The Morgan fingerprint density at radius 3 is 2.60 bits per heavy atom.